The minimum atomic E-state index is -0.895. The molecule has 0 spiro atoms. The fraction of sp³-hybridized carbons (Fsp3) is 0.806. The maximum absolute atomic E-state index is 12.9. The molecule has 3 fully saturated rings. The first kappa shape index (κ1) is 25.1. The summed E-state index contributed by atoms with van der Waals surface area (Å²) >= 11 is 0. The number of ketones is 1. The minimum Gasteiger partial charge on any atom is -0.465 e. The monoisotopic (exact) mass is 481 g/mol. The highest BCUT2D eigenvalue weighted by molar-refractivity contribution is 5.95. The Morgan fingerprint density at radius 2 is 1.69 bits per heavy atom. The molecule has 0 aromatic heterocycles. The Morgan fingerprint density at radius 1 is 1.00 bits per heavy atom. The van der Waals surface area contributed by atoms with Crippen LogP contribution in [0.15, 0.2) is 23.8 Å². The van der Waals surface area contributed by atoms with Crippen molar-refractivity contribution in [2.24, 2.45) is 50.2 Å². The van der Waals surface area contributed by atoms with Gasteiger partial charge in [-0.2, -0.15) is 0 Å². The van der Waals surface area contributed by atoms with Crippen molar-refractivity contribution >= 4 is 11.9 Å². The van der Waals surface area contributed by atoms with Crippen LogP contribution >= 0.6 is 0 Å². The van der Waals surface area contributed by atoms with E-state index in [4.69, 9.17) is 0 Å². The zero-order valence-corrected chi connectivity index (χ0v) is 23.1. The van der Waals surface area contributed by atoms with Gasteiger partial charge in [-0.25, -0.2) is 4.79 Å². The zero-order chi connectivity index (χ0) is 25.7. The van der Waals surface area contributed by atoms with Crippen molar-refractivity contribution in [1.82, 2.24) is 5.32 Å². The van der Waals surface area contributed by atoms with Crippen molar-refractivity contribution in [3.63, 3.8) is 0 Å². The molecule has 0 aliphatic heterocycles. The van der Waals surface area contributed by atoms with E-state index in [0.717, 1.165) is 38.5 Å². The molecule has 0 bridgehead atoms. The number of rotatable bonds is 2. The molecule has 0 unspecified atom stereocenters. The average molecular weight is 482 g/mol. The second kappa shape index (κ2) is 7.48. The molecule has 5 aliphatic rings. The average Bonchev–Trinajstić information content (AvgIpc) is 2.76. The molecule has 4 nitrogen and oxygen atoms in total. The number of nitrogens with one attached hydrogen (secondary N) is 1. The van der Waals surface area contributed by atoms with Crippen LogP contribution in [0, 0.1) is 50.2 Å². The van der Waals surface area contributed by atoms with Crippen LogP contribution in [0.25, 0.3) is 0 Å². The number of hydrogen-bond donors (Lipinski definition) is 2. The summed E-state index contributed by atoms with van der Waals surface area (Å²) in [5.74, 6) is 1.65. The summed E-state index contributed by atoms with van der Waals surface area (Å²) in [4.78, 5) is 24.4. The van der Waals surface area contributed by atoms with Crippen molar-refractivity contribution in [2.45, 2.75) is 99.8 Å². The maximum atomic E-state index is 12.9. The van der Waals surface area contributed by atoms with E-state index in [-0.39, 0.29) is 32.5 Å². The lowest BCUT2D eigenvalue weighted by molar-refractivity contribution is -0.159. The Balaban J connectivity index is 1.58. The van der Waals surface area contributed by atoms with Crippen LogP contribution in [0.4, 0.5) is 4.79 Å². The van der Waals surface area contributed by atoms with Gasteiger partial charge in [-0.05, 0) is 102 Å². The molecular weight excluding hydrogens is 434 g/mol. The highest BCUT2D eigenvalue weighted by atomic mass is 16.4. The number of allylic oxidation sites excluding steroid dienone is 4. The number of carbonyl (C=O) groups is 2. The largest absolute Gasteiger partial charge is 0.465 e. The molecule has 0 radical (unpaired) electrons. The van der Waals surface area contributed by atoms with Crippen LogP contribution in [0.5, 0.6) is 0 Å². The molecule has 0 aromatic rings. The van der Waals surface area contributed by atoms with E-state index < -0.39 is 6.09 Å². The van der Waals surface area contributed by atoms with Gasteiger partial charge in [0.25, 0.3) is 0 Å². The normalized spacial score (nSPS) is 47.5. The van der Waals surface area contributed by atoms with Crippen molar-refractivity contribution in [3.8, 4) is 0 Å². The second-order valence-corrected chi connectivity index (χ2v) is 15.0. The van der Waals surface area contributed by atoms with Gasteiger partial charge >= 0.3 is 6.09 Å². The number of amides is 1. The highest BCUT2D eigenvalue weighted by Gasteiger charge is 2.67. The number of fused-ring (bicyclic) bond motifs is 7. The first-order chi connectivity index (χ1) is 16.1. The molecule has 35 heavy (non-hydrogen) atoms. The molecule has 2 N–H and O–H groups in total. The van der Waals surface area contributed by atoms with Gasteiger partial charge in [0.05, 0.1) is 0 Å². The summed E-state index contributed by atoms with van der Waals surface area (Å²) in [6, 6.07) is 0. The number of carbonyl (C=O) groups excluding carboxylic acids is 1. The van der Waals surface area contributed by atoms with Crippen LogP contribution in [0.3, 0.4) is 0 Å². The highest BCUT2D eigenvalue weighted by Crippen LogP contribution is 2.74. The van der Waals surface area contributed by atoms with E-state index in [2.05, 4.69) is 65.9 Å². The molecule has 7 atom stereocenters. The van der Waals surface area contributed by atoms with Crippen LogP contribution < -0.4 is 5.32 Å². The van der Waals surface area contributed by atoms with Gasteiger partial charge in [0.1, 0.15) is 0 Å². The van der Waals surface area contributed by atoms with Crippen molar-refractivity contribution in [2.75, 3.05) is 6.54 Å². The molecule has 5 rings (SSSR count). The maximum Gasteiger partial charge on any atom is 0.404 e. The predicted molar refractivity (Wildman–Crippen MR) is 140 cm³/mol. The van der Waals surface area contributed by atoms with Gasteiger partial charge in [-0.1, -0.05) is 66.2 Å². The standard InChI is InChI=1S/C31H47NO3/c1-26(2)14-16-31(19-32-25(34)35)17-15-29(6)20(21(31)18-26)8-9-23-28(5)12-11-24(33)27(3,4)22(28)10-13-30(23,29)7/h8,11-12,21-23,32H,9-10,13-19H2,1-7H3,(H,34,35)/t21-,22-,23+,28-,29+,30+,31+/m0/s1. The Labute approximate surface area is 212 Å². The summed E-state index contributed by atoms with van der Waals surface area (Å²) in [6.07, 6.45) is 14.9. The third kappa shape index (κ3) is 3.29. The fourth-order valence-electron chi connectivity index (χ4n) is 10.2. The Hall–Kier alpha value is -1.58. The van der Waals surface area contributed by atoms with Crippen molar-refractivity contribution < 1.29 is 14.7 Å². The number of hydrogen-bond acceptors (Lipinski definition) is 2. The van der Waals surface area contributed by atoms with Crippen molar-refractivity contribution in [1.29, 1.82) is 0 Å². The second-order valence-electron chi connectivity index (χ2n) is 15.0. The van der Waals surface area contributed by atoms with Gasteiger partial charge in [-0.15, -0.1) is 0 Å². The van der Waals surface area contributed by atoms with Crippen molar-refractivity contribution in [3.05, 3.63) is 23.8 Å². The van der Waals surface area contributed by atoms with Gasteiger partial charge in [0, 0.05) is 12.0 Å². The Morgan fingerprint density at radius 3 is 2.37 bits per heavy atom. The smallest absolute Gasteiger partial charge is 0.404 e. The van der Waals surface area contributed by atoms with E-state index >= 15 is 0 Å². The van der Waals surface area contributed by atoms with Gasteiger partial charge < -0.3 is 10.4 Å². The molecule has 0 aromatic carbocycles. The van der Waals surface area contributed by atoms with E-state index in [1.54, 1.807) is 5.57 Å². The predicted octanol–water partition coefficient (Wildman–Crippen LogP) is 7.40. The van der Waals surface area contributed by atoms with E-state index in [1.165, 1.54) is 12.8 Å². The molecule has 194 valence electrons. The lowest BCUT2D eigenvalue weighted by atomic mass is 9.34. The molecule has 5 aliphatic carbocycles. The fourth-order valence-corrected chi connectivity index (χ4v) is 10.2. The first-order valence-electron chi connectivity index (χ1n) is 14.0. The molecule has 1 amide bonds. The molecular formula is C31H47NO3. The van der Waals surface area contributed by atoms with Crippen LogP contribution in [-0.2, 0) is 4.79 Å². The summed E-state index contributed by atoms with van der Waals surface area (Å²) in [5.41, 5.74) is 2.00. The summed E-state index contributed by atoms with van der Waals surface area (Å²) < 4.78 is 0. The van der Waals surface area contributed by atoms with Crippen LogP contribution in [0.2, 0.25) is 0 Å². The van der Waals surface area contributed by atoms with Gasteiger partial charge in [0.2, 0.25) is 0 Å². The lowest BCUT2D eigenvalue weighted by Gasteiger charge is -2.70. The number of carboxylic acid groups (broad SMARTS) is 1. The Kier molecular flexibility index (Phi) is 5.36. The summed E-state index contributed by atoms with van der Waals surface area (Å²) in [6.45, 7) is 17.3. The SMILES string of the molecule is CC1(C)CC[C@]2(CNC(=O)O)CC[C@]3(C)C(=CC[C@@H]4[C@@]5(C)C=CC(=O)C(C)(C)[C@@H]5CC[C@]43C)[C@@H]2C1. The molecule has 0 heterocycles. The van der Waals surface area contributed by atoms with Crippen LogP contribution in [0.1, 0.15) is 99.8 Å². The first-order valence-corrected chi connectivity index (χ1v) is 14.0. The van der Waals surface area contributed by atoms with Crippen LogP contribution in [-0.4, -0.2) is 23.5 Å². The minimum absolute atomic E-state index is 0.0285. The van der Waals surface area contributed by atoms with Gasteiger partial charge in [0.15, 0.2) is 5.78 Å². The van der Waals surface area contributed by atoms with E-state index in [1.807, 2.05) is 6.08 Å². The molecule has 3 saturated carbocycles. The summed E-state index contributed by atoms with van der Waals surface area (Å²) in [7, 11) is 0. The van der Waals surface area contributed by atoms with E-state index in [0.29, 0.717) is 30.1 Å². The lowest BCUT2D eigenvalue weighted by Crippen LogP contribution is -2.64. The van der Waals surface area contributed by atoms with E-state index in [9.17, 15) is 14.7 Å². The Bertz CT molecular complexity index is 1010. The molecule has 0 saturated heterocycles. The molecule has 4 heteroatoms. The third-order valence-electron chi connectivity index (χ3n) is 12.7. The van der Waals surface area contributed by atoms with Gasteiger partial charge in [-0.3, -0.25) is 4.79 Å². The third-order valence-corrected chi connectivity index (χ3v) is 12.7. The quantitative estimate of drug-likeness (QED) is 0.404. The topological polar surface area (TPSA) is 66.4 Å². The summed E-state index contributed by atoms with van der Waals surface area (Å²) in [5, 5.41) is 12.3. The zero-order valence-electron chi connectivity index (χ0n) is 23.1.